The molecule has 0 saturated heterocycles. The molecule has 0 radical (unpaired) electrons. The summed E-state index contributed by atoms with van der Waals surface area (Å²) >= 11 is 0. The van der Waals surface area contributed by atoms with Gasteiger partial charge in [0.2, 0.25) is 0 Å². The summed E-state index contributed by atoms with van der Waals surface area (Å²) in [5.41, 5.74) is 4.57. The summed E-state index contributed by atoms with van der Waals surface area (Å²) in [6.07, 6.45) is 3.36. The zero-order valence-corrected chi connectivity index (χ0v) is 17.4. The molecular weight excluding hydrogens is 396 g/mol. The summed E-state index contributed by atoms with van der Waals surface area (Å²) in [4.78, 5) is 25.7. The second kappa shape index (κ2) is 8.32. The fourth-order valence-corrected chi connectivity index (χ4v) is 4.08. The Hall–Kier alpha value is -2.75. The van der Waals surface area contributed by atoms with E-state index in [0.717, 1.165) is 23.8 Å². The average Bonchev–Trinajstić information content (AvgIpc) is 3.53. The highest BCUT2D eigenvalue weighted by atomic mass is 32.2. The molecule has 0 aliphatic heterocycles. The van der Waals surface area contributed by atoms with E-state index in [4.69, 9.17) is 10.5 Å². The molecule has 10 heteroatoms. The van der Waals surface area contributed by atoms with E-state index >= 15 is 0 Å². The van der Waals surface area contributed by atoms with Crippen molar-refractivity contribution in [2.24, 2.45) is 5.92 Å². The molecule has 0 amide bonds. The quantitative estimate of drug-likeness (QED) is 0.632. The maximum atomic E-state index is 12.9. The van der Waals surface area contributed by atoms with Crippen molar-refractivity contribution >= 4 is 21.5 Å². The van der Waals surface area contributed by atoms with E-state index in [1.807, 2.05) is 6.92 Å². The van der Waals surface area contributed by atoms with Crippen LogP contribution in [0.3, 0.4) is 0 Å². The van der Waals surface area contributed by atoms with Crippen LogP contribution in [0.2, 0.25) is 0 Å². The van der Waals surface area contributed by atoms with Crippen molar-refractivity contribution in [3.05, 3.63) is 45.1 Å². The second-order valence-corrected chi connectivity index (χ2v) is 8.87. The van der Waals surface area contributed by atoms with Gasteiger partial charge in [0, 0.05) is 13.1 Å². The van der Waals surface area contributed by atoms with Gasteiger partial charge in [-0.3, -0.25) is 18.7 Å². The number of methoxy groups -OCH3 is 1. The zero-order valence-electron chi connectivity index (χ0n) is 16.6. The first kappa shape index (κ1) is 21.0. The van der Waals surface area contributed by atoms with Gasteiger partial charge in [0.05, 0.1) is 12.0 Å². The number of nitrogens with two attached hydrogens (primary N) is 1. The number of rotatable bonds is 9. The summed E-state index contributed by atoms with van der Waals surface area (Å²) in [7, 11) is -2.60. The lowest BCUT2D eigenvalue weighted by Crippen LogP contribution is -2.43. The fourth-order valence-electron chi connectivity index (χ4n) is 3.01. The van der Waals surface area contributed by atoms with E-state index in [9.17, 15) is 18.0 Å². The Morgan fingerprint density at radius 3 is 2.38 bits per heavy atom. The predicted octanol–water partition coefficient (Wildman–Crippen LogP) is 1.61. The normalized spacial score (nSPS) is 14.0. The van der Waals surface area contributed by atoms with Gasteiger partial charge in [-0.2, -0.15) is 0 Å². The number of hydrogen-bond donors (Lipinski definition) is 2. The standard InChI is InChI=1S/C19H26N4O5S/c1-3-4-11-22-18(24)16(17(20)23(19(22)25)12-13-5-6-13)21-29(26,27)15-9-7-14(28-2)8-10-15/h7-10,13,21H,3-6,11-12,20H2,1-2H3. The summed E-state index contributed by atoms with van der Waals surface area (Å²) in [6, 6.07) is 5.75. The SMILES string of the molecule is CCCCn1c(=O)c(NS(=O)(=O)c2ccc(OC)cc2)c(N)n(CC2CC2)c1=O. The number of nitrogens with zero attached hydrogens (tertiary/aromatic N) is 2. The molecule has 0 spiro atoms. The number of aromatic nitrogens is 2. The Morgan fingerprint density at radius 2 is 1.83 bits per heavy atom. The molecular formula is C19H26N4O5S. The van der Waals surface area contributed by atoms with Gasteiger partial charge < -0.3 is 10.5 Å². The minimum atomic E-state index is -4.08. The largest absolute Gasteiger partial charge is 0.497 e. The van der Waals surface area contributed by atoms with Crippen LogP contribution in [-0.2, 0) is 23.1 Å². The van der Waals surface area contributed by atoms with Crippen molar-refractivity contribution in [1.82, 2.24) is 9.13 Å². The van der Waals surface area contributed by atoms with Crippen molar-refractivity contribution in [2.45, 2.75) is 50.6 Å². The molecule has 158 valence electrons. The first-order chi connectivity index (χ1) is 13.8. The van der Waals surface area contributed by atoms with Crippen LogP contribution in [0.15, 0.2) is 38.8 Å². The maximum absolute atomic E-state index is 12.9. The molecule has 1 aromatic carbocycles. The van der Waals surface area contributed by atoms with Gasteiger partial charge >= 0.3 is 5.69 Å². The van der Waals surface area contributed by atoms with E-state index in [0.29, 0.717) is 24.6 Å². The molecule has 9 nitrogen and oxygen atoms in total. The van der Waals surface area contributed by atoms with Crippen molar-refractivity contribution in [2.75, 3.05) is 17.6 Å². The van der Waals surface area contributed by atoms with Crippen LogP contribution < -0.4 is 26.4 Å². The van der Waals surface area contributed by atoms with Crippen LogP contribution in [0.25, 0.3) is 0 Å². The van der Waals surface area contributed by atoms with Gasteiger partial charge in [-0.05, 0) is 49.4 Å². The Labute approximate surface area is 169 Å². The highest BCUT2D eigenvalue weighted by Gasteiger charge is 2.27. The van der Waals surface area contributed by atoms with Crippen LogP contribution in [0, 0.1) is 5.92 Å². The molecule has 1 saturated carbocycles. The fraction of sp³-hybridized carbons (Fsp3) is 0.474. The number of ether oxygens (including phenoxy) is 1. The molecule has 1 heterocycles. The Morgan fingerprint density at radius 1 is 1.17 bits per heavy atom. The lowest BCUT2D eigenvalue weighted by atomic mass is 10.3. The van der Waals surface area contributed by atoms with Crippen molar-refractivity contribution < 1.29 is 13.2 Å². The topological polar surface area (TPSA) is 125 Å². The summed E-state index contributed by atoms with van der Waals surface area (Å²) < 4.78 is 35.3. The van der Waals surface area contributed by atoms with Gasteiger partial charge in [-0.25, -0.2) is 13.2 Å². The molecule has 3 rings (SSSR count). The van der Waals surface area contributed by atoms with Crippen LogP contribution in [-0.4, -0.2) is 24.7 Å². The first-order valence-corrected chi connectivity index (χ1v) is 11.1. The predicted molar refractivity (Wildman–Crippen MR) is 111 cm³/mol. The van der Waals surface area contributed by atoms with Crippen molar-refractivity contribution in [3.8, 4) is 5.75 Å². The summed E-state index contributed by atoms with van der Waals surface area (Å²) in [5.74, 6) is 0.665. The van der Waals surface area contributed by atoms with E-state index in [-0.39, 0.29) is 22.9 Å². The smallest absolute Gasteiger partial charge is 0.332 e. The Balaban J connectivity index is 2.06. The Kier molecular flexibility index (Phi) is 6.02. The summed E-state index contributed by atoms with van der Waals surface area (Å²) in [5, 5.41) is 0. The molecule has 2 aromatic rings. The van der Waals surface area contributed by atoms with E-state index < -0.39 is 21.3 Å². The monoisotopic (exact) mass is 422 g/mol. The zero-order chi connectivity index (χ0) is 21.2. The third-order valence-electron chi connectivity index (χ3n) is 4.95. The van der Waals surface area contributed by atoms with Gasteiger partial charge in [-0.1, -0.05) is 13.3 Å². The second-order valence-electron chi connectivity index (χ2n) is 7.19. The van der Waals surface area contributed by atoms with Crippen molar-refractivity contribution in [3.63, 3.8) is 0 Å². The lowest BCUT2D eigenvalue weighted by molar-refractivity contribution is 0.414. The number of nitrogens with one attached hydrogen (secondary N) is 1. The van der Waals surface area contributed by atoms with Gasteiger partial charge in [0.15, 0.2) is 5.69 Å². The molecule has 1 aromatic heterocycles. The number of nitrogen functional groups attached to an aromatic ring is 1. The first-order valence-electron chi connectivity index (χ1n) is 9.58. The summed E-state index contributed by atoms with van der Waals surface area (Å²) in [6.45, 7) is 2.52. The third-order valence-corrected chi connectivity index (χ3v) is 6.31. The van der Waals surface area contributed by atoms with Crippen LogP contribution in [0.1, 0.15) is 32.6 Å². The minimum Gasteiger partial charge on any atom is -0.497 e. The number of benzene rings is 1. The highest BCUT2D eigenvalue weighted by Crippen LogP contribution is 2.31. The molecule has 29 heavy (non-hydrogen) atoms. The molecule has 1 aliphatic rings. The van der Waals surface area contributed by atoms with Gasteiger partial charge in [-0.15, -0.1) is 0 Å². The van der Waals surface area contributed by atoms with E-state index in [2.05, 4.69) is 4.72 Å². The molecule has 1 fully saturated rings. The molecule has 0 unspecified atom stereocenters. The maximum Gasteiger partial charge on any atom is 0.332 e. The van der Waals surface area contributed by atoms with Gasteiger partial charge in [0.1, 0.15) is 11.6 Å². The third kappa shape index (κ3) is 4.47. The van der Waals surface area contributed by atoms with E-state index in [1.54, 1.807) is 0 Å². The molecule has 1 aliphatic carbocycles. The minimum absolute atomic E-state index is 0.0443. The van der Waals surface area contributed by atoms with E-state index in [1.165, 1.54) is 35.9 Å². The highest BCUT2D eigenvalue weighted by molar-refractivity contribution is 7.92. The van der Waals surface area contributed by atoms with Crippen LogP contribution in [0.5, 0.6) is 5.75 Å². The number of unbranched alkanes of at least 4 members (excludes halogenated alkanes) is 1. The average molecular weight is 423 g/mol. The number of hydrogen-bond acceptors (Lipinski definition) is 6. The number of sulfonamides is 1. The molecule has 3 N–H and O–H groups in total. The molecule has 0 atom stereocenters. The molecule has 0 bridgehead atoms. The van der Waals surface area contributed by atoms with Crippen molar-refractivity contribution in [1.29, 1.82) is 0 Å². The van der Waals surface area contributed by atoms with Gasteiger partial charge in [0.25, 0.3) is 15.6 Å². The van der Waals surface area contributed by atoms with Crippen LogP contribution in [0.4, 0.5) is 11.5 Å². The Bertz CT molecular complexity index is 1100. The van der Waals surface area contributed by atoms with Crippen LogP contribution >= 0.6 is 0 Å². The number of anilines is 2. The lowest BCUT2D eigenvalue weighted by Gasteiger charge is -2.17.